The summed E-state index contributed by atoms with van der Waals surface area (Å²) in [5.74, 6) is 1.19. The molecule has 1 amide bonds. The standard InChI is InChI=1S/C19H23N3O3/c1-11(2)10-14-15(19(14,3)4)18(23)20-17-16(21-25-22-17)12-6-8-13(24-5)9-7-12/h6-10,14-15H,1-5H3,(H,20,22,23)/t14-,15-/m1/s1. The highest BCUT2D eigenvalue weighted by Crippen LogP contribution is 2.59. The largest absolute Gasteiger partial charge is 0.497 e. The van der Waals surface area contributed by atoms with E-state index in [1.54, 1.807) is 7.11 Å². The van der Waals surface area contributed by atoms with Crippen LogP contribution in [0.2, 0.25) is 0 Å². The van der Waals surface area contributed by atoms with Crippen LogP contribution in [0.1, 0.15) is 27.7 Å². The third-order valence-corrected chi connectivity index (χ3v) is 4.80. The zero-order valence-corrected chi connectivity index (χ0v) is 15.2. The van der Waals surface area contributed by atoms with E-state index in [1.165, 1.54) is 5.57 Å². The van der Waals surface area contributed by atoms with Crippen molar-refractivity contribution in [3.05, 3.63) is 35.9 Å². The zero-order chi connectivity index (χ0) is 18.2. The number of methoxy groups -OCH3 is 1. The Bertz CT molecular complexity index is 802. The van der Waals surface area contributed by atoms with E-state index in [4.69, 9.17) is 9.37 Å². The summed E-state index contributed by atoms with van der Waals surface area (Å²) < 4.78 is 10.00. The van der Waals surface area contributed by atoms with Crippen molar-refractivity contribution in [3.8, 4) is 17.0 Å². The number of allylic oxidation sites excluding steroid dienone is 2. The minimum Gasteiger partial charge on any atom is -0.497 e. The number of ether oxygens (including phenoxy) is 1. The van der Waals surface area contributed by atoms with Gasteiger partial charge < -0.3 is 10.1 Å². The molecule has 6 heteroatoms. The number of nitrogens with zero attached hydrogens (tertiary/aromatic N) is 2. The highest BCUT2D eigenvalue weighted by Gasteiger charge is 2.60. The fraction of sp³-hybridized carbons (Fsp3) is 0.421. The first kappa shape index (κ1) is 17.2. The molecule has 0 bridgehead atoms. The zero-order valence-electron chi connectivity index (χ0n) is 15.2. The van der Waals surface area contributed by atoms with Gasteiger partial charge in [0.25, 0.3) is 0 Å². The summed E-state index contributed by atoms with van der Waals surface area (Å²) in [7, 11) is 1.61. The Morgan fingerprint density at radius 1 is 1.24 bits per heavy atom. The van der Waals surface area contributed by atoms with Crippen LogP contribution in [0.5, 0.6) is 5.75 Å². The van der Waals surface area contributed by atoms with Crippen LogP contribution in [0.3, 0.4) is 0 Å². The molecule has 1 aromatic heterocycles. The molecule has 6 nitrogen and oxygen atoms in total. The third kappa shape index (κ3) is 3.29. The average molecular weight is 341 g/mol. The van der Waals surface area contributed by atoms with Crippen LogP contribution < -0.4 is 10.1 Å². The summed E-state index contributed by atoms with van der Waals surface area (Å²) in [6.45, 7) is 8.30. The quantitative estimate of drug-likeness (QED) is 0.834. The Morgan fingerprint density at radius 2 is 1.92 bits per heavy atom. The number of hydrogen-bond acceptors (Lipinski definition) is 5. The Labute approximate surface area is 147 Å². The van der Waals surface area contributed by atoms with Gasteiger partial charge in [-0.1, -0.05) is 25.5 Å². The van der Waals surface area contributed by atoms with E-state index < -0.39 is 0 Å². The SMILES string of the molecule is COc1ccc(-c2nonc2NC(=O)[C@H]2[C@@H](C=C(C)C)C2(C)C)cc1. The lowest BCUT2D eigenvalue weighted by molar-refractivity contribution is -0.118. The first-order chi connectivity index (χ1) is 11.8. The monoisotopic (exact) mass is 341 g/mol. The number of nitrogens with one attached hydrogen (secondary N) is 1. The van der Waals surface area contributed by atoms with Gasteiger partial charge in [-0.3, -0.25) is 4.79 Å². The van der Waals surface area contributed by atoms with Crippen LogP contribution in [0.15, 0.2) is 40.5 Å². The molecule has 0 unspecified atom stereocenters. The van der Waals surface area contributed by atoms with E-state index in [9.17, 15) is 4.79 Å². The number of rotatable bonds is 5. The van der Waals surface area contributed by atoms with Crippen LogP contribution in [0, 0.1) is 17.3 Å². The lowest BCUT2D eigenvalue weighted by Gasteiger charge is -2.05. The normalized spacial score (nSPS) is 20.7. The predicted molar refractivity (Wildman–Crippen MR) is 95.1 cm³/mol. The van der Waals surface area contributed by atoms with Crippen molar-refractivity contribution >= 4 is 11.7 Å². The first-order valence-electron chi connectivity index (χ1n) is 8.27. The van der Waals surface area contributed by atoms with E-state index in [0.717, 1.165) is 11.3 Å². The number of anilines is 1. The number of carbonyl (C=O) groups excluding carboxylic acids is 1. The molecule has 0 saturated heterocycles. The highest BCUT2D eigenvalue weighted by atomic mass is 16.6. The topological polar surface area (TPSA) is 77.2 Å². The number of benzene rings is 1. The van der Waals surface area contributed by atoms with E-state index >= 15 is 0 Å². The van der Waals surface area contributed by atoms with Crippen molar-refractivity contribution in [2.24, 2.45) is 17.3 Å². The van der Waals surface area contributed by atoms with Crippen LogP contribution in [0.4, 0.5) is 5.82 Å². The third-order valence-electron chi connectivity index (χ3n) is 4.80. The Hall–Kier alpha value is -2.63. The maximum atomic E-state index is 12.7. The molecular formula is C19H23N3O3. The average Bonchev–Trinajstić information content (AvgIpc) is 2.90. The summed E-state index contributed by atoms with van der Waals surface area (Å²) in [6.07, 6.45) is 2.16. The fourth-order valence-electron chi connectivity index (χ4n) is 3.25. The van der Waals surface area contributed by atoms with Gasteiger partial charge in [0, 0.05) is 5.56 Å². The van der Waals surface area contributed by atoms with Gasteiger partial charge in [0.15, 0.2) is 5.69 Å². The maximum absolute atomic E-state index is 12.7. The number of aromatic nitrogens is 2. The molecule has 1 saturated carbocycles. The Kier molecular flexibility index (Phi) is 4.37. The molecule has 1 N–H and O–H groups in total. The highest BCUT2D eigenvalue weighted by molar-refractivity contribution is 5.97. The van der Waals surface area contributed by atoms with Crippen LogP contribution in [-0.2, 0) is 4.79 Å². The van der Waals surface area contributed by atoms with Crippen molar-refractivity contribution in [3.63, 3.8) is 0 Å². The summed E-state index contributed by atoms with van der Waals surface area (Å²) in [5, 5.41) is 10.7. The maximum Gasteiger partial charge on any atom is 0.229 e. The summed E-state index contributed by atoms with van der Waals surface area (Å²) in [4.78, 5) is 12.7. The lowest BCUT2D eigenvalue weighted by Crippen LogP contribution is -2.17. The molecule has 0 spiro atoms. The Balaban J connectivity index is 1.77. The van der Waals surface area contributed by atoms with Gasteiger partial charge in [-0.25, -0.2) is 4.63 Å². The minimum atomic E-state index is -0.0807. The summed E-state index contributed by atoms with van der Waals surface area (Å²) >= 11 is 0. The molecule has 1 heterocycles. The van der Waals surface area contributed by atoms with Gasteiger partial charge in [0.2, 0.25) is 11.7 Å². The van der Waals surface area contributed by atoms with Crippen LogP contribution in [0.25, 0.3) is 11.3 Å². The smallest absolute Gasteiger partial charge is 0.229 e. The van der Waals surface area contributed by atoms with E-state index in [2.05, 4.69) is 35.6 Å². The van der Waals surface area contributed by atoms with Crippen molar-refractivity contribution in [1.82, 2.24) is 10.3 Å². The molecule has 0 aliphatic heterocycles. The minimum absolute atomic E-state index is 0.0568. The van der Waals surface area contributed by atoms with Gasteiger partial charge in [-0.05, 0) is 59.8 Å². The number of amides is 1. The molecule has 1 aromatic carbocycles. The van der Waals surface area contributed by atoms with Crippen molar-refractivity contribution < 1.29 is 14.2 Å². The second-order valence-corrected chi connectivity index (χ2v) is 7.25. The van der Waals surface area contributed by atoms with Gasteiger partial charge in [-0.15, -0.1) is 0 Å². The fourth-order valence-corrected chi connectivity index (χ4v) is 3.25. The molecule has 2 atom stereocenters. The van der Waals surface area contributed by atoms with Gasteiger partial charge in [-0.2, -0.15) is 0 Å². The molecule has 132 valence electrons. The van der Waals surface area contributed by atoms with Crippen molar-refractivity contribution in [2.45, 2.75) is 27.7 Å². The van der Waals surface area contributed by atoms with E-state index in [0.29, 0.717) is 11.5 Å². The number of hydrogen-bond donors (Lipinski definition) is 1. The van der Waals surface area contributed by atoms with E-state index in [-0.39, 0.29) is 23.2 Å². The molecular weight excluding hydrogens is 318 g/mol. The second kappa shape index (κ2) is 6.35. The van der Waals surface area contributed by atoms with Crippen molar-refractivity contribution in [1.29, 1.82) is 0 Å². The Morgan fingerprint density at radius 3 is 2.52 bits per heavy atom. The molecule has 0 radical (unpaired) electrons. The summed E-state index contributed by atoms with van der Waals surface area (Å²) in [5.41, 5.74) is 2.47. The molecule has 3 rings (SSSR count). The molecule has 2 aromatic rings. The van der Waals surface area contributed by atoms with Gasteiger partial charge >= 0.3 is 0 Å². The summed E-state index contributed by atoms with van der Waals surface area (Å²) in [6, 6.07) is 7.34. The van der Waals surface area contributed by atoms with Crippen LogP contribution >= 0.6 is 0 Å². The predicted octanol–water partition coefficient (Wildman–Crippen LogP) is 3.92. The second-order valence-electron chi connectivity index (χ2n) is 7.25. The van der Waals surface area contributed by atoms with Crippen molar-refractivity contribution in [2.75, 3.05) is 12.4 Å². The molecule has 1 aliphatic rings. The molecule has 1 aliphatic carbocycles. The number of carbonyl (C=O) groups is 1. The van der Waals surface area contributed by atoms with Crippen LogP contribution in [-0.4, -0.2) is 23.3 Å². The van der Waals surface area contributed by atoms with E-state index in [1.807, 2.05) is 38.1 Å². The first-order valence-corrected chi connectivity index (χ1v) is 8.27. The molecule has 25 heavy (non-hydrogen) atoms. The van der Waals surface area contributed by atoms with Gasteiger partial charge in [0.1, 0.15) is 5.75 Å². The van der Waals surface area contributed by atoms with Gasteiger partial charge in [0.05, 0.1) is 13.0 Å². The lowest BCUT2D eigenvalue weighted by atomic mass is 10.1. The molecule has 1 fully saturated rings.